The first-order chi connectivity index (χ1) is 19.1. The Bertz CT molecular complexity index is 1160. The van der Waals surface area contributed by atoms with Gasteiger partial charge in [0.25, 0.3) is 0 Å². The third-order valence-corrected chi connectivity index (χ3v) is 8.65. The van der Waals surface area contributed by atoms with Crippen LogP contribution in [-0.2, 0) is 11.1 Å². The first kappa shape index (κ1) is 27.3. The van der Waals surface area contributed by atoms with Crippen LogP contribution in [0.4, 0.5) is 0 Å². The molecule has 3 nitrogen and oxygen atoms in total. The highest BCUT2D eigenvalue weighted by Crippen LogP contribution is 2.42. The minimum atomic E-state index is -0.892. The lowest BCUT2D eigenvalue weighted by molar-refractivity contribution is -0.0514. The molecule has 0 amide bonds. The van der Waals surface area contributed by atoms with Gasteiger partial charge in [-0.05, 0) is 60.4 Å². The zero-order valence-electron chi connectivity index (χ0n) is 22.9. The molecule has 39 heavy (non-hydrogen) atoms. The summed E-state index contributed by atoms with van der Waals surface area (Å²) in [5, 5.41) is 16.1. The van der Waals surface area contributed by atoms with E-state index in [4.69, 9.17) is 5.73 Å². The Labute approximate surface area is 234 Å². The fourth-order valence-corrected chi connectivity index (χ4v) is 6.64. The molecule has 0 radical (unpaired) electrons. The molecule has 0 bridgehead atoms. The summed E-state index contributed by atoms with van der Waals surface area (Å²) in [6, 6.07) is 42.1. The third kappa shape index (κ3) is 6.01. The summed E-state index contributed by atoms with van der Waals surface area (Å²) in [6.07, 6.45) is 7.09. The standard InChI is InChI=1S/C36H42N2O/c37-34(28-35(39,29-16-6-1-7-17-29)30-18-8-2-9-19-30)26-27-38-36(31-20-10-3-11-21-31,32-22-12-4-13-23-32)33-24-14-5-15-25-33/h1,3-7,10-17,20-25,30,34,38-39H,2,8-9,18-19,26-28,37H2. The molecule has 2 unspecified atom stereocenters. The van der Waals surface area contributed by atoms with Crippen LogP contribution >= 0.6 is 0 Å². The molecule has 4 aromatic rings. The number of aliphatic hydroxyl groups is 1. The predicted octanol–water partition coefficient (Wildman–Crippen LogP) is 7.14. The van der Waals surface area contributed by atoms with Crippen molar-refractivity contribution in [3.8, 4) is 0 Å². The van der Waals surface area contributed by atoms with E-state index < -0.39 is 11.1 Å². The van der Waals surface area contributed by atoms with Gasteiger partial charge in [0.1, 0.15) is 0 Å². The Morgan fingerprint density at radius 3 is 1.49 bits per heavy atom. The monoisotopic (exact) mass is 518 g/mol. The SMILES string of the molecule is NC(CCNC(c1ccccc1)(c1ccccc1)c1ccccc1)CC(O)(c1ccccc1)C1CCCCC1. The highest BCUT2D eigenvalue weighted by atomic mass is 16.3. The van der Waals surface area contributed by atoms with Crippen molar-refractivity contribution in [1.29, 1.82) is 0 Å². The van der Waals surface area contributed by atoms with Gasteiger partial charge in [-0.15, -0.1) is 0 Å². The molecule has 4 aromatic carbocycles. The summed E-state index contributed by atoms with van der Waals surface area (Å²) in [5.74, 6) is 0.254. The first-order valence-electron chi connectivity index (χ1n) is 14.6. The Balaban J connectivity index is 1.40. The van der Waals surface area contributed by atoms with E-state index in [1.807, 2.05) is 18.2 Å². The van der Waals surface area contributed by atoms with Gasteiger partial charge in [-0.1, -0.05) is 141 Å². The van der Waals surface area contributed by atoms with Crippen molar-refractivity contribution in [2.24, 2.45) is 11.7 Å². The second kappa shape index (κ2) is 12.7. The van der Waals surface area contributed by atoms with Gasteiger partial charge in [0, 0.05) is 6.04 Å². The number of nitrogens with one attached hydrogen (secondary N) is 1. The van der Waals surface area contributed by atoms with Gasteiger partial charge in [-0.25, -0.2) is 0 Å². The van der Waals surface area contributed by atoms with E-state index in [1.54, 1.807) is 0 Å². The van der Waals surface area contributed by atoms with Crippen molar-refractivity contribution in [3.05, 3.63) is 144 Å². The molecule has 1 fully saturated rings. The predicted molar refractivity (Wildman–Crippen MR) is 161 cm³/mol. The van der Waals surface area contributed by atoms with Crippen LogP contribution in [0, 0.1) is 5.92 Å². The molecule has 0 saturated heterocycles. The molecule has 4 N–H and O–H groups in total. The lowest BCUT2D eigenvalue weighted by Crippen LogP contribution is -2.47. The van der Waals surface area contributed by atoms with Crippen molar-refractivity contribution in [1.82, 2.24) is 5.32 Å². The average Bonchev–Trinajstić information content (AvgIpc) is 3.01. The van der Waals surface area contributed by atoms with Crippen LogP contribution in [0.15, 0.2) is 121 Å². The minimum Gasteiger partial charge on any atom is -0.385 e. The van der Waals surface area contributed by atoms with Gasteiger partial charge in [-0.2, -0.15) is 0 Å². The maximum atomic E-state index is 12.2. The largest absolute Gasteiger partial charge is 0.385 e. The topological polar surface area (TPSA) is 58.3 Å². The van der Waals surface area contributed by atoms with E-state index >= 15 is 0 Å². The van der Waals surface area contributed by atoms with Gasteiger partial charge in [0.05, 0.1) is 11.1 Å². The third-order valence-electron chi connectivity index (χ3n) is 8.65. The van der Waals surface area contributed by atoms with Crippen molar-refractivity contribution in [2.75, 3.05) is 6.54 Å². The normalized spacial score (nSPS) is 16.9. The average molecular weight is 519 g/mol. The van der Waals surface area contributed by atoms with Crippen LogP contribution in [0.1, 0.15) is 67.2 Å². The second-order valence-electron chi connectivity index (χ2n) is 11.2. The zero-order chi connectivity index (χ0) is 27.0. The van der Waals surface area contributed by atoms with E-state index in [-0.39, 0.29) is 12.0 Å². The number of hydrogen-bond acceptors (Lipinski definition) is 3. The molecule has 1 aliphatic rings. The molecule has 0 aromatic heterocycles. The van der Waals surface area contributed by atoms with Gasteiger partial charge >= 0.3 is 0 Å². The highest BCUT2D eigenvalue weighted by molar-refractivity contribution is 5.49. The van der Waals surface area contributed by atoms with Crippen LogP contribution in [0.25, 0.3) is 0 Å². The summed E-state index contributed by atoms with van der Waals surface area (Å²) in [4.78, 5) is 0. The van der Waals surface area contributed by atoms with Gasteiger partial charge in [0.15, 0.2) is 0 Å². The molecule has 1 saturated carbocycles. The van der Waals surface area contributed by atoms with E-state index in [2.05, 4.69) is 108 Å². The van der Waals surface area contributed by atoms with Crippen LogP contribution in [0.2, 0.25) is 0 Å². The first-order valence-corrected chi connectivity index (χ1v) is 14.6. The van der Waals surface area contributed by atoms with Crippen molar-refractivity contribution >= 4 is 0 Å². The smallest absolute Gasteiger partial charge is 0.0947 e. The van der Waals surface area contributed by atoms with Crippen LogP contribution in [-0.4, -0.2) is 17.7 Å². The molecule has 2 atom stereocenters. The Morgan fingerprint density at radius 2 is 1.05 bits per heavy atom. The number of nitrogens with two attached hydrogens (primary N) is 1. The molecular weight excluding hydrogens is 476 g/mol. The quantitative estimate of drug-likeness (QED) is 0.185. The molecule has 0 spiro atoms. The fraction of sp³-hybridized carbons (Fsp3) is 0.333. The van der Waals surface area contributed by atoms with E-state index in [0.29, 0.717) is 6.42 Å². The Morgan fingerprint density at radius 1 is 0.641 bits per heavy atom. The van der Waals surface area contributed by atoms with Gasteiger partial charge in [0.2, 0.25) is 0 Å². The van der Waals surface area contributed by atoms with Crippen molar-refractivity contribution < 1.29 is 5.11 Å². The maximum Gasteiger partial charge on any atom is 0.0947 e. The molecule has 0 aliphatic heterocycles. The van der Waals surface area contributed by atoms with E-state index in [1.165, 1.54) is 36.0 Å². The summed E-state index contributed by atoms with van der Waals surface area (Å²) < 4.78 is 0. The number of benzene rings is 4. The highest BCUT2D eigenvalue weighted by Gasteiger charge is 2.40. The van der Waals surface area contributed by atoms with Crippen molar-refractivity contribution in [3.63, 3.8) is 0 Å². The Hall–Kier alpha value is -3.24. The van der Waals surface area contributed by atoms with E-state index in [0.717, 1.165) is 31.4 Å². The summed E-state index contributed by atoms with van der Waals surface area (Å²) >= 11 is 0. The van der Waals surface area contributed by atoms with Crippen LogP contribution in [0.3, 0.4) is 0 Å². The van der Waals surface area contributed by atoms with Crippen molar-refractivity contribution in [2.45, 2.75) is 62.1 Å². The molecule has 202 valence electrons. The summed E-state index contributed by atoms with van der Waals surface area (Å²) in [6.45, 7) is 0.718. The lowest BCUT2D eigenvalue weighted by Gasteiger charge is -2.41. The van der Waals surface area contributed by atoms with Crippen LogP contribution < -0.4 is 11.1 Å². The maximum absolute atomic E-state index is 12.2. The van der Waals surface area contributed by atoms with E-state index in [9.17, 15) is 5.11 Å². The summed E-state index contributed by atoms with van der Waals surface area (Å²) in [5.41, 5.74) is 10.0. The Kier molecular flexibility index (Phi) is 8.93. The minimum absolute atomic E-state index is 0.135. The lowest BCUT2D eigenvalue weighted by atomic mass is 9.70. The molecular formula is C36H42N2O. The zero-order valence-corrected chi connectivity index (χ0v) is 22.9. The molecule has 1 aliphatic carbocycles. The van der Waals surface area contributed by atoms with Gasteiger partial charge in [-0.3, -0.25) is 5.32 Å². The van der Waals surface area contributed by atoms with Gasteiger partial charge < -0.3 is 10.8 Å². The summed E-state index contributed by atoms with van der Waals surface area (Å²) in [7, 11) is 0. The second-order valence-corrected chi connectivity index (χ2v) is 11.2. The molecule has 5 rings (SSSR count). The number of rotatable bonds is 11. The fourth-order valence-electron chi connectivity index (χ4n) is 6.64. The van der Waals surface area contributed by atoms with Crippen LogP contribution in [0.5, 0.6) is 0 Å². The molecule has 3 heteroatoms. The molecule has 0 heterocycles. The number of hydrogen-bond donors (Lipinski definition) is 3.